The molecule has 0 aliphatic carbocycles. The highest BCUT2D eigenvalue weighted by Crippen LogP contribution is 2.24. The van der Waals surface area contributed by atoms with Crippen LogP contribution in [0.3, 0.4) is 0 Å². The van der Waals surface area contributed by atoms with Gasteiger partial charge in [-0.3, -0.25) is 0 Å². The lowest BCUT2D eigenvalue weighted by molar-refractivity contribution is 0.588. The number of benzene rings is 1. The van der Waals surface area contributed by atoms with Gasteiger partial charge in [0.25, 0.3) is 0 Å². The Balaban J connectivity index is 2.39. The Morgan fingerprint density at radius 2 is 1.76 bits per heavy atom. The Morgan fingerprint density at radius 1 is 1.06 bits per heavy atom. The monoisotopic (exact) mass is 274 g/mol. The Morgan fingerprint density at radius 3 is 2.47 bits per heavy atom. The highest BCUT2D eigenvalue weighted by atomic mass is 35.5. The lowest BCUT2D eigenvalue weighted by atomic mass is 10.1. The fourth-order valence-electron chi connectivity index (χ4n) is 1.38. The van der Waals surface area contributed by atoms with Crippen LogP contribution in [0.5, 0.6) is 0 Å². The molecule has 2 rings (SSSR count). The summed E-state index contributed by atoms with van der Waals surface area (Å²) in [5, 5.41) is -0.185. The molecule has 6 heteroatoms. The Kier molecular flexibility index (Phi) is 3.54. The standard InChI is InChI=1S/C11H6Cl2F2N2/c12-10-7(8(14)1-2-9(10)15)5-6-3-4-16-11(13)17-6/h1-4H,5H2. The van der Waals surface area contributed by atoms with Gasteiger partial charge in [0.1, 0.15) is 11.6 Å². The zero-order valence-corrected chi connectivity index (χ0v) is 9.93. The van der Waals surface area contributed by atoms with Crippen molar-refractivity contribution < 1.29 is 8.78 Å². The number of hydrogen-bond acceptors (Lipinski definition) is 2. The second kappa shape index (κ2) is 4.94. The van der Waals surface area contributed by atoms with Crippen LogP contribution in [0, 0.1) is 11.6 Å². The van der Waals surface area contributed by atoms with E-state index < -0.39 is 11.6 Å². The maximum absolute atomic E-state index is 13.5. The van der Waals surface area contributed by atoms with Crippen LogP contribution in [0.4, 0.5) is 8.78 Å². The summed E-state index contributed by atoms with van der Waals surface area (Å²) in [6.45, 7) is 0. The molecule has 0 fully saturated rings. The maximum atomic E-state index is 13.5. The van der Waals surface area contributed by atoms with E-state index in [0.29, 0.717) is 5.69 Å². The van der Waals surface area contributed by atoms with Crippen LogP contribution in [0.1, 0.15) is 11.3 Å². The minimum absolute atomic E-state index is 0.0513. The first-order valence-electron chi connectivity index (χ1n) is 4.67. The summed E-state index contributed by atoms with van der Waals surface area (Å²) < 4.78 is 26.7. The first-order chi connectivity index (χ1) is 8.08. The van der Waals surface area contributed by atoms with E-state index >= 15 is 0 Å². The molecule has 0 N–H and O–H groups in total. The van der Waals surface area contributed by atoms with E-state index in [4.69, 9.17) is 23.2 Å². The predicted molar refractivity (Wildman–Crippen MR) is 61.2 cm³/mol. The van der Waals surface area contributed by atoms with Gasteiger partial charge in [0.05, 0.1) is 5.02 Å². The van der Waals surface area contributed by atoms with Crippen molar-refractivity contribution in [1.82, 2.24) is 9.97 Å². The molecular formula is C11H6Cl2F2N2. The van der Waals surface area contributed by atoms with Crippen LogP contribution in [0.25, 0.3) is 0 Å². The molecule has 0 spiro atoms. The van der Waals surface area contributed by atoms with Gasteiger partial charge in [-0.05, 0) is 29.8 Å². The number of rotatable bonds is 2. The maximum Gasteiger partial charge on any atom is 0.222 e. The third kappa shape index (κ3) is 2.70. The average Bonchev–Trinajstić information content (AvgIpc) is 2.30. The van der Waals surface area contributed by atoms with Crippen LogP contribution >= 0.6 is 23.2 Å². The van der Waals surface area contributed by atoms with Gasteiger partial charge >= 0.3 is 0 Å². The summed E-state index contributed by atoms with van der Waals surface area (Å²) in [5.41, 5.74) is 0.526. The fraction of sp³-hybridized carbons (Fsp3) is 0.0909. The Hall–Kier alpha value is -1.26. The number of aromatic nitrogens is 2. The molecule has 0 saturated carbocycles. The third-order valence-corrected chi connectivity index (χ3v) is 2.77. The molecule has 88 valence electrons. The second-order valence-corrected chi connectivity index (χ2v) is 4.03. The number of hydrogen-bond donors (Lipinski definition) is 0. The highest BCUT2D eigenvalue weighted by Gasteiger charge is 2.13. The predicted octanol–water partition coefficient (Wildman–Crippen LogP) is 3.65. The quantitative estimate of drug-likeness (QED) is 0.617. The third-order valence-electron chi connectivity index (χ3n) is 2.18. The summed E-state index contributed by atoms with van der Waals surface area (Å²) in [4.78, 5) is 7.58. The van der Waals surface area contributed by atoms with Gasteiger partial charge in [0.15, 0.2) is 0 Å². The van der Waals surface area contributed by atoms with E-state index in [9.17, 15) is 8.78 Å². The lowest BCUT2D eigenvalue weighted by Gasteiger charge is -2.06. The SMILES string of the molecule is Fc1ccc(F)c(Cc2ccnc(Cl)n2)c1Cl. The molecule has 2 aromatic rings. The minimum Gasteiger partial charge on any atom is -0.227 e. The van der Waals surface area contributed by atoms with Crippen LogP contribution in [0.2, 0.25) is 10.3 Å². The molecule has 17 heavy (non-hydrogen) atoms. The molecule has 0 unspecified atom stereocenters. The molecule has 0 atom stereocenters. The zero-order valence-electron chi connectivity index (χ0n) is 8.42. The van der Waals surface area contributed by atoms with Crippen molar-refractivity contribution in [2.75, 3.05) is 0 Å². The molecular weight excluding hydrogens is 269 g/mol. The van der Waals surface area contributed by atoms with Crippen molar-refractivity contribution in [3.8, 4) is 0 Å². The van der Waals surface area contributed by atoms with Gasteiger partial charge in [-0.1, -0.05) is 11.6 Å². The fourth-order valence-corrected chi connectivity index (χ4v) is 1.77. The first-order valence-corrected chi connectivity index (χ1v) is 5.43. The lowest BCUT2D eigenvalue weighted by Crippen LogP contribution is -1.99. The molecule has 1 heterocycles. The van der Waals surface area contributed by atoms with Crippen LogP contribution < -0.4 is 0 Å². The highest BCUT2D eigenvalue weighted by molar-refractivity contribution is 6.31. The number of halogens is 4. The van der Waals surface area contributed by atoms with Gasteiger partial charge in [-0.25, -0.2) is 18.7 Å². The van der Waals surface area contributed by atoms with Crippen molar-refractivity contribution in [3.05, 3.63) is 57.6 Å². The first kappa shape index (κ1) is 12.2. The molecule has 1 aromatic carbocycles. The summed E-state index contributed by atoms with van der Waals surface area (Å²) in [6.07, 6.45) is 1.50. The molecule has 2 nitrogen and oxygen atoms in total. The smallest absolute Gasteiger partial charge is 0.222 e. The van der Waals surface area contributed by atoms with Crippen molar-refractivity contribution in [2.24, 2.45) is 0 Å². The molecule has 0 aliphatic heterocycles. The van der Waals surface area contributed by atoms with Gasteiger partial charge in [0, 0.05) is 23.9 Å². The van der Waals surface area contributed by atoms with Gasteiger partial charge < -0.3 is 0 Å². The molecule has 0 radical (unpaired) electrons. The van der Waals surface area contributed by atoms with E-state index in [1.54, 1.807) is 6.07 Å². The second-order valence-electron chi connectivity index (χ2n) is 3.32. The van der Waals surface area contributed by atoms with Crippen LogP contribution in [0.15, 0.2) is 24.4 Å². The minimum atomic E-state index is -0.664. The van der Waals surface area contributed by atoms with E-state index in [1.165, 1.54) is 6.20 Å². The van der Waals surface area contributed by atoms with Crippen molar-refractivity contribution in [2.45, 2.75) is 6.42 Å². The summed E-state index contributed by atoms with van der Waals surface area (Å²) in [6, 6.07) is 3.57. The van der Waals surface area contributed by atoms with Crippen molar-refractivity contribution in [1.29, 1.82) is 0 Å². The summed E-state index contributed by atoms with van der Waals surface area (Å²) in [7, 11) is 0. The molecule has 1 aromatic heterocycles. The van der Waals surface area contributed by atoms with Crippen molar-refractivity contribution in [3.63, 3.8) is 0 Å². The van der Waals surface area contributed by atoms with Crippen LogP contribution in [-0.2, 0) is 6.42 Å². The van der Waals surface area contributed by atoms with E-state index in [-0.39, 0.29) is 22.3 Å². The van der Waals surface area contributed by atoms with Gasteiger partial charge in [-0.2, -0.15) is 0 Å². The van der Waals surface area contributed by atoms with Gasteiger partial charge in [-0.15, -0.1) is 0 Å². The van der Waals surface area contributed by atoms with Gasteiger partial charge in [0.2, 0.25) is 5.28 Å². The molecule has 0 saturated heterocycles. The summed E-state index contributed by atoms with van der Waals surface area (Å²) >= 11 is 11.3. The van der Waals surface area contributed by atoms with E-state index in [1.807, 2.05) is 0 Å². The van der Waals surface area contributed by atoms with E-state index in [2.05, 4.69) is 9.97 Å². The topological polar surface area (TPSA) is 25.8 Å². The van der Waals surface area contributed by atoms with Crippen molar-refractivity contribution >= 4 is 23.2 Å². The Bertz CT molecular complexity index is 561. The normalized spacial score (nSPS) is 10.6. The zero-order chi connectivity index (χ0) is 12.4. The molecule has 0 bridgehead atoms. The van der Waals surface area contributed by atoms with E-state index in [0.717, 1.165) is 12.1 Å². The molecule has 0 aliphatic rings. The van der Waals surface area contributed by atoms with Crippen LogP contribution in [-0.4, -0.2) is 9.97 Å². The largest absolute Gasteiger partial charge is 0.227 e. The number of nitrogens with zero attached hydrogens (tertiary/aromatic N) is 2. The average molecular weight is 275 g/mol. The Labute approximate surface area is 106 Å². The summed E-state index contributed by atoms with van der Waals surface area (Å²) in [5.74, 6) is -1.24. The molecule has 0 amide bonds.